The van der Waals surface area contributed by atoms with Gasteiger partial charge in [-0.25, -0.2) is 0 Å². The fourth-order valence-corrected chi connectivity index (χ4v) is 2.91. The molecule has 0 aromatic heterocycles. The van der Waals surface area contributed by atoms with Crippen LogP contribution < -0.4 is 14.8 Å². The summed E-state index contributed by atoms with van der Waals surface area (Å²) in [4.78, 5) is 0. The molecule has 0 saturated carbocycles. The number of hydrogen-bond donors (Lipinski definition) is 2. The van der Waals surface area contributed by atoms with E-state index >= 15 is 0 Å². The molecule has 6 heteroatoms. The van der Waals surface area contributed by atoms with Crippen molar-refractivity contribution in [1.29, 1.82) is 0 Å². The molecule has 0 fully saturated rings. The van der Waals surface area contributed by atoms with Crippen molar-refractivity contribution < 1.29 is 14.6 Å². The molecule has 2 N–H and O–H groups in total. The monoisotopic (exact) mass is 397 g/mol. The van der Waals surface area contributed by atoms with E-state index in [1.165, 1.54) is 0 Å². The maximum atomic E-state index is 9.28. The molecule has 26 heavy (non-hydrogen) atoms. The van der Waals surface area contributed by atoms with Crippen LogP contribution in [-0.4, -0.2) is 24.4 Å². The van der Waals surface area contributed by atoms with Crippen LogP contribution in [0.25, 0.3) is 0 Å². The number of nitrogens with one attached hydrogen (secondary N) is 1. The zero-order chi connectivity index (χ0) is 18.9. The molecule has 4 nitrogen and oxygen atoms in total. The van der Waals surface area contributed by atoms with E-state index < -0.39 is 0 Å². The predicted octanol–water partition coefficient (Wildman–Crippen LogP) is 4.83. The molecule has 0 spiro atoms. The van der Waals surface area contributed by atoms with Gasteiger partial charge in [0.25, 0.3) is 0 Å². The van der Waals surface area contributed by atoms with Gasteiger partial charge in [0.05, 0.1) is 13.2 Å². The SMILES string of the molecule is CCOc1cc(CNC(CC)CO)ccc1OCc1ccc(Cl)cc1Cl. The first-order valence-electron chi connectivity index (χ1n) is 8.74. The van der Waals surface area contributed by atoms with Gasteiger partial charge in [0.2, 0.25) is 0 Å². The summed E-state index contributed by atoms with van der Waals surface area (Å²) in [6, 6.07) is 11.3. The third kappa shape index (κ3) is 6.06. The molecular formula is C20H25Cl2NO3. The second-order valence-corrected chi connectivity index (χ2v) is 6.75. The van der Waals surface area contributed by atoms with Crippen molar-refractivity contribution in [1.82, 2.24) is 5.32 Å². The number of ether oxygens (including phenoxy) is 2. The lowest BCUT2D eigenvalue weighted by molar-refractivity contribution is 0.238. The van der Waals surface area contributed by atoms with E-state index in [1.807, 2.05) is 38.1 Å². The van der Waals surface area contributed by atoms with E-state index in [1.54, 1.807) is 12.1 Å². The summed E-state index contributed by atoms with van der Waals surface area (Å²) in [5, 5.41) is 13.8. The molecule has 0 aliphatic carbocycles. The molecule has 0 aliphatic heterocycles. The van der Waals surface area contributed by atoms with Crippen LogP contribution in [0.1, 0.15) is 31.4 Å². The Kier molecular flexibility index (Phi) is 8.52. The Bertz CT molecular complexity index is 705. The minimum atomic E-state index is 0.0912. The first kappa shape index (κ1) is 20.8. The van der Waals surface area contributed by atoms with Gasteiger partial charge in [-0.2, -0.15) is 0 Å². The number of aliphatic hydroxyl groups is 1. The first-order chi connectivity index (χ1) is 12.6. The third-order valence-corrected chi connectivity index (χ3v) is 4.60. The Labute approximate surface area is 165 Å². The number of halogens is 2. The summed E-state index contributed by atoms with van der Waals surface area (Å²) in [7, 11) is 0. The Morgan fingerprint density at radius 3 is 2.50 bits per heavy atom. The van der Waals surface area contributed by atoms with E-state index in [0.717, 1.165) is 17.5 Å². The average Bonchev–Trinajstić information content (AvgIpc) is 2.63. The van der Waals surface area contributed by atoms with Crippen molar-refractivity contribution in [2.75, 3.05) is 13.2 Å². The zero-order valence-electron chi connectivity index (χ0n) is 15.1. The molecule has 0 bridgehead atoms. The van der Waals surface area contributed by atoms with Crippen LogP contribution in [0.15, 0.2) is 36.4 Å². The summed E-state index contributed by atoms with van der Waals surface area (Å²) in [6.07, 6.45) is 0.873. The molecule has 2 aromatic rings. The molecule has 0 radical (unpaired) electrons. The second-order valence-electron chi connectivity index (χ2n) is 5.91. The fraction of sp³-hybridized carbons (Fsp3) is 0.400. The van der Waals surface area contributed by atoms with Gasteiger partial charge in [-0.15, -0.1) is 0 Å². The second kappa shape index (κ2) is 10.6. The molecule has 1 unspecified atom stereocenters. The van der Waals surface area contributed by atoms with Gasteiger partial charge in [0, 0.05) is 28.2 Å². The summed E-state index contributed by atoms with van der Waals surface area (Å²) in [5.41, 5.74) is 1.93. The Balaban J connectivity index is 2.07. The number of hydrogen-bond acceptors (Lipinski definition) is 4. The van der Waals surface area contributed by atoms with E-state index in [-0.39, 0.29) is 12.6 Å². The summed E-state index contributed by atoms with van der Waals surface area (Å²) < 4.78 is 11.6. The van der Waals surface area contributed by atoms with Gasteiger partial charge in [0.15, 0.2) is 11.5 Å². The van der Waals surface area contributed by atoms with Crippen molar-refractivity contribution >= 4 is 23.2 Å². The molecule has 0 heterocycles. The van der Waals surface area contributed by atoms with Crippen molar-refractivity contribution in [3.05, 3.63) is 57.6 Å². The highest BCUT2D eigenvalue weighted by Crippen LogP contribution is 2.30. The highest BCUT2D eigenvalue weighted by molar-refractivity contribution is 6.35. The molecule has 142 valence electrons. The van der Waals surface area contributed by atoms with Gasteiger partial charge in [0.1, 0.15) is 6.61 Å². The lowest BCUT2D eigenvalue weighted by Crippen LogP contribution is -2.31. The van der Waals surface area contributed by atoms with Crippen LogP contribution in [0, 0.1) is 0 Å². The van der Waals surface area contributed by atoms with Crippen molar-refractivity contribution in [3.8, 4) is 11.5 Å². The summed E-state index contributed by atoms with van der Waals surface area (Å²) >= 11 is 12.1. The van der Waals surface area contributed by atoms with Crippen LogP contribution >= 0.6 is 23.2 Å². The van der Waals surface area contributed by atoms with Gasteiger partial charge >= 0.3 is 0 Å². The van der Waals surface area contributed by atoms with Gasteiger partial charge in [-0.05, 0) is 43.2 Å². The summed E-state index contributed by atoms with van der Waals surface area (Å²) in [6.45, 7) is 5.63. The minimum Gasteiger partial charge on any atom is -0.490 e. The third-order valence-electron chi connectivity index (χ3n) is 4.01. The first-order valence-corrected chi connectivity index (χ1v) is 9.49. The highest BCUT2D eigenvalue weighted by Gasteiger charge is 2.10. The van der Waals surface area contributed by atoms with Crippen molar-refractivity contribution in [2.45, 2.75) is 39.5 Å². The Morgan fingerprint density at radius 1 is 1.04 bits per heavy atom. The predicted molar refractivity (Wildman–Crippen MR) is 106 cm³/mol. The molecule has 0 amide bonds. The van der Waals surface area contributed by atoms with Crippen LogP contribution in [0.3, 0.4) is 0 Å². The van der Waals surface area contributed by atoms with Gasteiger partial charge in [-0.1, -0.05) is 42.3 Å². The lowest BCUT2D eigenvalue weighted by atomic mass is 10.1. The molecule has 1 atom stereocenters. The number of aliphatic hydroxyl groups excluding tert-OH is 1. The number of benzene rings is 2. The lowest BCUT2D eigenvalue weighted by Gasteiger charge is -2.16. The normalized spacial score (nSPS) is 12.0. The average molecular weight is 398 g/mol. The fourth-order valence-electron chi connectivity index (χ4n) is 2.44. The molecule has 2 rings (SSSR count). The Hall–Kier alpha value is -1.46. The van der Waals surface area contributed by atoms with E-state index in [2.05, 4.69) is 5.32 Å². The van der Waals surface area contributed by atoms with Crippen LogP contribution in [0.4, 0.5) is 0 Å². The van der Waals surface area contributed by atoms with Gasteiger partial charge in [-0.3, -0.25) is 0 Å². The maximum Gasteiger partial charge on any atom is 0.161 e. The van der Waals surface area contributed by atoms with Crippen LogP contribution in [0.2, 0.25) is 10.0 Å². The van der Waals surface area contributed by atoms with Crippen molar-refractivity contribution in [3.63, 3.8) is 0 Å². The maximum absolute atomic E-state index is 9.28. The molecule has 0 aliphatic rings. The Morgan fingerprint density at radius 2 is 1.85 bits per heavy atom. The molecule has 2 aromatic carbocycles. The van der Waals surface area contributed by atoms with Crippen LogP contribution in [-0.2, 0) is 13.2 Å². The zero-order valence-corrected chi connectivity index (χ0v) is 16.6. The topological polar surface area (TPSA) is 50.7 Å². The van der Waals surface area contributed by atoms with Crippen molar-refractivity contribution in [2.24, 2.45) is 0 Å². The van der Waals surface area contributed by atoms with Gasteiger partial charge < -0.3 is 19.9 Å². The quantitative estimate of drug-likeness (QED) is 0.602. The smallest absolute Gasteiger partial charge is 0.161 e. The summed E-state index contributed by atoms with van der Waals surface area (Å²) in [5.74, 6) is 1.35. The largest absolute Gasteiger partial charge is 0.490 e. The van der Waals surface area contributed by atoms with Crippen LogP contribution in [0.5, 0.6) is 11.5 Å². The number of rotatable bonds is 10. The van der Waals surface area contributed by atoms with E-state index in [0.29, 0.717) is 41.3 Å². The molecular weight excluding hydrogens is 373 g/mol. The van der Waals surface area contributed by atoms with E-state index in [9.17, 15) is 5.11 Å². The standard InChI is InChI=1S/C20H25Cl2NO3/c1-3-17(12-24)23-11-14-5-8-19(20(9-14)25-4-2)26-13-15-6-7-16(21)10-18(15)22/h5-10,17,23-24H,3-4,11-13H2,1-2H3. The van der Waals surface area contributed by atoms with E-state index in [4.69, 9.17) is 32.7 Å². The molecule has 0 saturated heterocycles. The minimum absolute atomic E-state index is 0.0912. The highest BCUT2D eigenvalue weighted by atomic mass is 35.5.